The van der Waals surface area contributed by atoms with Gasteiger partial charge in [-0.2, -0.15) is 8.42 Å². The molecule has 0 spiro atoms. The van der Waals surface area contributed by atoms with Crippen molar-refractivity contribution in [3.8, 4) is 0 Å². The molecule has 0 amide bonds. The molecule has 0 saturated heterocycles. The maximum atomic E-state index is 10.7. The number of pyridine rings is 1. The highest BCUT2D eigenvalue weighted by atomic mass is 32.2. The summed E-state index contributed by atoms with van der Waals surface area (Å²) < 4.78 is 23.0. The molecule has 6 heteroatoms. The molecular formula is C5H4N2O3S. The number of aromatic amines is 1. The molecule has 5 nitrogen and oxygen atoms in total. The van der Waals surface area contributed by atoms with Crippen LogP contribution in [0.3, 0.4) is 0 Å². The molecule has 1 heterocycles. The second-order valence-corrected chi connectivity index (χ2v) is 2.31. The minimum Gasteiger partial charge on any atom is -0.327 e. The highest BCUT2D eigenvalue weighted by Gasteiger charge is 1.92. The van der Waals surface area contributed by atoms with Gasteiger partial charge in [-0.15, -0.1) is 4.36 Å². The monoisotopic (exact) mass is 172 g/mol. The predicted octanol–water partition coefficient (Wildman–Crippen LogP) is 0.0691. The van der Waals surface area contributed by atoms with Crippen LogP contribution in [0.5, 0.6) is 0 Å². The number of H-pyrrole nitrogens is 1. The molecule has 0 atom stereocenters. The van der Waals surface area contributed by atoms with E-state index in [4.69, 9.17) is 0 Å². The van der Waals surface area contributed by atoms with Crippen molar-refractivity contribution < 1.29 is 8.42 Å². The third-order valence-electron chi connectivity index (χ3n) is 0.970. The Bertz CT molecular complexity index is 423. The van der Waals surface area contributed by atoms with E-state index in [1.807, 2.05) is 0 Å². The molecule has 0 saturated carbocycles. The fourth-order valence-corrected chi connectivity index (χ4v) is 0.869. The van der Waals surface area contributed by atoms with Crippen molar-refractivity contribution in [1.82, 2.24) is 4.98 Å². The molecule has 1 aromatic heterocycles. The van der Waals surface area contributed by atoms with E-state index in [9.17, 15) is 13.2 Å². The van der Waals surface area contributed by atoms with Gasteiger partial charge in [0.2, 0.25) is 0 Å². The van der Waals surface area contributed by atoms with Crippen LogP contribution in [0.25, 0.3) is 0 Å². The van der Waals surface area contributed by atoms with E-state index >= 15 is 0 Å². The van der Waals surface area contributed by atoms with Crippen molar-refractivity contribution in [2.45, 2.75) is 0 Å². The standard InChI is InChI=1S/C5H4N2O3S/c8-5-4(7-11(9)10)2-1-3-6-5/h1-3H,(H,6,8). The fraction of sp³-hybridized carbons (Fsp3) is 0. The zero-order valence-electron chi connectivity index (χ0n) is 5.31. The molecule has 0 fully saturated rings. The summed E-state index contributed by atoms with van der Waals surface area (Å²) in [6.45, 7) is 0. The van der Waals surface area contributed by atoms with E-state index < -0.39 is 16.1 Å². The van der Waals surface area contributed by atoms with Crippen molar-refractivity contribution in [3.05, 3.63) is 28.7 Å². The highest BCUT2D eigenvalue weighted by molar-refractivity contribution is 7.61. The van der Waals surface area contributed by atoms with Crippen LogP contribution in [0.2, 0.25) is 0 Å². The van der Waals surface area contributed by atoms with Gasteiger partial charge >= 0.3 is 10.5 Å². The molecule has 0 radical (unpaired) electrons. The van der Waals surface area contributed by atoms with E-state index in [1.54, 1.807) is 0 Å². The van der Waals surface area contributed by atoms with Crippen LogP contribution in [-0.4, -0.2) is 13.4 Å². The molecule has 0 aliphatic rings. The Hall–Kier alpha value is -1.43. The Morgan fingerprint density at radius 1 is 1.45 bits per heavy atom. The van der Waals surface area contributed by atoms with E-state index in [0.29, 0.717) is 0 Å². The Morgan fingerprint density at radius 2 is 2.18 bits per heavy atom. The van der Waals surface area contributed by atoms with Crippen LogP contribution in [0.4, 0.5) is 5.69 Å². The molecule has 1 N–H and O–H groups in total. The third kappa shape index (κ3) is 2.01. The normalized spacial score (nSPS) is 9.09. The van der Waals surface area contributed by atoms with E-state index in [0.717, 1.165) is 0 Å². The van der Waals surface area contributed by atoms with Gasteiger partial charge in [-0.05, 0) is 12.1 Å². The first-order valence-corrected chi connectivity index (χ1v) is 3.72. The molecule has 0 bridgehead atoms. The first kappa shape index (κ1) is 7.67. The Morgan fingerprint density at radius 3 is 2.73 bits per heavy atom. The molecule has 0 aliphatic carbocycles. The number of aromatic nitrogens is 1. The maximum Gasteiger partial charge on any atom is 0.316 e. The largest absolute Gasteiger partial charge is 0.327 e. The highest BCUT2D eigenvalue weighted by Crippen LogP contribution is 1.99. The maximum absolute atomic E-state index is 10.7. The van der Waals surface area contributed by atoms with Gasteiger partial charge in [0, 0.05) is 6.20 Å². The third-order valence-corrected chi connectivity index (χ3v) is 1.32. The smallest absolute Gasteiger partial charge is 0.316 e. The van der Waals surface area contributed by atoms with Crippen molar-refractivity contribution >= 4 is 16.2 Å². The SMILES string of the molecule is O=c1[nH]cccc1N=S(=O)=O. The molecular weight excluding hydrogens is 168 g/mol. The van der Waals surface area contributed by atoms with E-state index in [-0.39, 0.29) is 5.69 Å². The quantitative estimate of drug-likeness (QED) is 0.650. The molecule has 11 heavy (non-hydrogen) atoms. The lowest BCUT2D eigenvalue weighted by molar-refractivity contribution is 0.622. The minimum absolute atomic E-state index is 0.110. The first-order chi connectivity index (χ1) is 5.20. The molecule has 0 aromatic carbocycles. The van der Waals surface area contributed by atoms with Crippen molar-refractivity contribution in [3.63, 3.8) is 0 Å². The average Bonchev–Trinajstić information content (AvgIpc) is 1.93. The summed E-state index contributed by atoms with van der Waals surface area (Å²) in [7, 11) is -2.57. The van der Waals surface area contributed by atoms with Gasteiger partial charge in [0.05, 0.1) is 0 Å². The molecule has 0 unspecified atom stereocenters. The number of rotatable bonds is 1. The van der Waals surface area contributed by atoms with Crippen LogP contribution in [-0.2, 0) is 10.5 Å². The van der Waals surface area contributed by atoms with Crippen molar-refractivity contribution in [1.29, 1.82) is 0 Å². The minimum atomic E-state index is -2.57. The lowest BCUT2D eigenvalue weighted by atomic mass is 10.4. The van der Waals surface area contributed by atoms with Gasteiger partial charge in [0.1, 0.15) is 5.69 Å². The second-order valence-electron chi connectivity index (χ2n) is 1.69. The lowest BCUT2D eigenvalue weighted by Gasteiger charge is -1.83. The van der Waals surface area contributed by atoms with Crippen LogP contribution in [0.1, 0.15) is 0 Å². The van der Waals surface area contributed by atoms with Crippen LogP contribution < -0.4 is 5.56 Å². The second kappa shape index (κ2) is 3.11. The summed E-state index contributed by atoms with van der Waals surface area (Å²) >= 11 is 0. The summed E-state index contributed by atoms with van der Waals surface area (Å²) in [5.41, 5.74) is -0.627. The number of nitrogens with one attached hydrogen (secondary N) is 1. The predicted molar refractivity (Wildman–Crippen MR) is 38.1 cm³/mol. The van der Waals surface area contributed by atoms with Crippen molar-refractivity contribution in [2.24, 2.45) is 4.36 Å². The Labute approximate surface area is 63.4 Å². The molecule has 1 rings (SSSR count). The summed E-state index contributed by atoms with van der Waals surface area (Å²) in [5, 5.41) is 0. The average molecular weight is 172 g/mol. The van der Waals surface area contributed by atoms with Gasteiger partial charge < -0.3 is 4.98 Å². The van der Waals surface area contributed by atoms with Gasteiger partial charge in [-0.3, -0.25) is 4.79 Å². The summed E-state index contributed by atoms with van der Waals surface area (Å²) in [6.07, 6.45) is 1.40. The fourth-order valence-electron chi connectivity index (χ4n) is 0.565. The number of hydrogen-bond donors (Lipinski definition) is 1. The number of nitrogens with zero attached hydrogens (tertiary/aromatic N) is 1. The molecule has 0 aliphatic heterocycles. The zero-order chi connectivity index (χ0) is 8.27. The van der Waals surface area contributed by atoms with Gasteiger partial charge in [0.25, 0.3) is 5.56 Å². The van der Waals surface area contributed by atoms with Crippen LogP contribution in [0, 0.1) is 0 Å². The van der Waals surface area contributed by atoms with Crippen LogP contribution >= 0.6 is 0 Å². The van der Waals surface area contributed by atoms with E-state index in [1.165, 1.54) is 18.3 Å². The van der Waals surface area contributed by atoms with E-state index in [2.05, 4.69) is 9.35 Å². The first-order valence-electron chi connectivity index (χ1n) is 2.69. The summed E-state index contributed by atoms with van der Waals surface area (Å²) in [4.78, 5) is 13.0. The summed E-state index contributed by atoms with van der Waals surface area (Å²) in [6, 6.07) is 2.81. The summed E-state index contributed by atoms with van der Waals surface area (Å²) in [5.74, 6) is 0. The van der Waals surface area contributed by atoms with Crippen LogP contribution in [0.15, 0.2) is 27.5 Å². The lowest BCUT2D eigenvalue weighted by Crippen LogP contribution is -2.01. The van der Waals surface area contributed by atoms with Gasteiger partial charge in [0.15, 0.2) is 0 Å². The van der Waals surface area contributed by atoms with Crippen molar-refractivity contribution in [2.75, 3.05) is 0 Å². The Balaban J connectivity index is 3.37. The molecule has 58 valence electrons. The zero-order valence-corrected chi connectivity index (χ0v) is 6.13. The van der Waals surface area contributed by atoms with Gasteiger partial charge in [-0.25, -0.2) is 0 Å². The Kier molecular flexibility index (Phi) is 2.17. The topological polar surface area (TPSA) is 79.4 Å². The van der Waals surface area contributed by atoms with Gasteiger partial charge in [-0.1, -0.05) is 0 Å². The number of hydrogen-bond acceptors (Lipinski definition) is 4. The molecule has 1 aromatic rings.